The zero-order chi connectivity index (χ0) is 13.7. The molecule has 0 aromatic carbocycles. The molecule has 2 heterocycles. The lowest BCUT2D eigenvalue weighted by Crippen LogP contribution is -2.48. The number of piperidine rings is 1. The van der Waals surface area contributed by atoms with Gasteiger partial charge in [0.15, 0.2) is 6.29 Å². The van der Waals surface area contributed by atoms with Gasteiger partial charge in [-0.25, -0.2) is 0 Å². The minimum Gasteiger partial charge on any atom is -0.481 e. The van der Waals surface area contributed by atoms with Gasteiger partial charge in [0.25, 0.3) is 0 Å². The van der Waals surface area contributed by atoms with Gasteiger partial charge in [-0.2, -0.15) is 0 Å². The molecule has 0 bridgehead atoms. The van der Waals surface area contributed by atoms with Gasteiger partial charge in [-0.05, 0) is 31.6 Å². The van der Waals surface area contributed by atoms with Crippen LogP contribution in [0.3, 0.4) is 0 Å². The third-order valence-corrected chi connectivity index (χ3v) is 4.18. The van der Waals surface area contributed by atoms with Crippen molar-refractivity contribution in [2.24, 2.45) is 5.92 Å². The summed E-state index contributed by atoms with van der Waals surface area (Å²) in [6.07, 6.45) is 5.16. The van der Waals surface area contributed by atoms with E-state index in [2.05, 4.69) is 12.2 Å². The summed E-state index contributed by atoms with van der Waals surface area (Å²) in [4.78, 5) is 10.6. The summed E-state index contributed by atoms with van der Waals surface area (Å²) >= 11 is 0. The fourth-order valence-electron chi connectivity index (χ4n) is 3.02. The van der Waals surface area contributed by atoms with Crippen LogP contribution in [0.1, 0.15) is 45.4 Å². The molecular weight excluding hydrogens is 246 g/mol. The van der Waals surface area contributed by atoms with Crippen LogP contribution in [0, 0.1) is 5.92 Å². The van der Waals surface area contributed by atoms with E-state index >= 15 is 0 Å². The first-order valence-electron chi connectivity index (χ1n) is 7.36. The second-order valence-electron chi connectivity index (χ2n) is 5.72. The summed E-state index contributed by atoms with van der Waals surface area (Å²) in [5, 5.41) is 12.3. The second kappa shape index (κ2) is 7.22. The van der Waals surface area contributed by atoms with Gasteiger partial charge < -0.3 is 19.9 Å². The van der Waals surface area contributed by atoms with E-state index in [1.165, 1.54) is 6.42 Å². The van der Waals surface area contributed by atoms with Crippen molar-refractivity contribution in [1.82, 2.24) is 5.32 Å². The Balaban J connectivity index is 1.73. The van der Waals surface area contributed by atoms with Crippen molar-refractivity contribution < 1.29 is 19.4 Å². The molecule has 2 N–H and O–H groups in total. The van der Waals surface area contributed by atoms with E-state index in [-0.39, 0.29) is 12.7 Å². The van der Waals surface area contributed by atoms with Crippen molar-refractivity contribution in [3.05, 3.63) is 0 Å². The van der Waals surface area contributed by atoms with Crippen LogP contribution in [-0.4, -0.2) is 42.7 Å². The van der Waals surface area contributed by atoms with Crippen LogP contribution in [-0.2, 0) is 14.3 Å². The average Bonchev–Trinajstić information content (AvgIpc) is 2.85. The second-order valence-corrected chi connectivity index (χ2v) is 5.72. The Morgan fingerprint density at radius 2 is 2.05 bits per heavy atom. The lowest BCUT2D eigenvalue weighted by atomic mass is 9.85. The number of hydrogen-bond acceptors (Lipinski definition) is 4. The van der Waals surface area contributed by atoms with Crippen molar-refractivity contribution >= 4 is 5.97 Å². The van der Waals surface area contributed by atoms with Crippen LogP contribution in [0.25, 0.3) is 0 Å². The standard InChI is InChI=1S/C14H25NO4/c1-10-5-6-11(9-14-18-7-8-19-14)15-12(10)3-2-4-13(16)17/h10-12,14-15H,2-9H2,1H3,(H,16,17)/t10-,11-,12-/m0/s1. The first-order chi connectivity index (χ1) is 9.15. The molecule has 0 spiro atoms. The lowest BCUT2D eigenvalue weighted by molar-refractivity contribution is -0.137. The smallest absolute Gasteiger partial charge is 0.303 e. The molecule has 3 atom stereocenters. The third-order valence-electron chi connectivity index (χ3n) is 4.18. The summed E-state index contributed by atoms with van der Waals surface area (Å²) in [7, 11) is 0. The summed E-state index contributed by atoms with van der Waals surface area (Å²) in [6, 6.07) is 0.869. The molecule has 0 aliphatic carbocycles. The molecule has 2 saturated heterocycles. The van der Waals surface area contributed by atoms with Gasteiger partial charge in [-0.1, -0.05) is 6.92 Å². The number of carboxylic acids is 1. The molecule has 2 aliphatic rings. The summed E-state index contributed by atoms with van der Waals surface area (Å²) in [6.45, 7) is 3.66. The molecule has 0 unspecified atom stereocenters. The van der Waals surface area contributed by atoms with E-state index < -0.39 is 5.97 Å². The monoisotopic (exact) mass is 271 g/mol. The molecule has 5 nitrogen and oxygen atoms in total. The molecule has 110 valence electrons. The molecule has 0 radical (unpaired) electrons. The van der Waals surface area contributed by atoms with Gasteiger partial charge in [-0.3, -0.25) is 4.79 Å². The SMILES string of the molecule is C[C@H]1CC[C@@H](CC2OCCO2)N[C@H]1CCCC(=O)O. The molecule has 5 heteroatoms. The number of carboxylic acid groups (broad SMARTS) is 1. The van der Waals surface area contributed by atoms with Crippen molar-refractivity contribution in [2.75, 3.05) is 13.2 Å². The Morgan fingerprint density at radius 1 is 1.32 bits per heavy atom. The van der Waals surface area contributed by atoms with E-state index in [0.717, 1.165) is 25.7 Å². The van der Waals surface area contributed by atoms with Crippen LogP contribution >= 0.6 is 0 Å². The molecular formula is C14H25NO4. The Labute approximate surface area is 114 Å². The fourth-order valence-corrected chi connectivity index (χ4v) is 3.02. The molecule has 0 saturated carbocycles. The first kappa shape index (κ1) is 14.8. The summed E-state index contributed by atoms with van der Waals surface area (Å²) in [5.41, 5.74) is 0. The Bertz CT molecular complexity index is 291. The Kier molecular flexibility index (Phi) is 5.60. The van der Waals surface area contributed by atoms with Crippen molar-refractivity contribution in [1.29, 1.82) is 0 Å². The molecule has 0 amide bonds. The van der Waals surface area contributed by atoms with Crippen molar-refractivity contribution in [3.8, 4) is 0 Å². The third kappa shape index (κ3) is 4.75. The Hall–Kier alpha value is -0.650. The average molecular weight is 271 g/mol. The normalized spacial score (nSPS) is 32.6. The topological polar surface area (TPSA) is 67.8 Å². The van der Waals surface area contributed by atoms with E-state index in [9.17, 15) is 4.79 Å². The van der Waals surface area contributed by atoms with Gasteiger partial charge in [0, 0.05) is 24.9 Å². The number of nitrogens with one attached hydrogen (secondary N) is 1. The fraction of sp³-hybridized carbons (Fsp3) is 0.929. The van der Waals surface area contributed by atoms with Crippen molar-refractivity contribution in [2.45, 2.75) is 63.8 Å². The zero-order valence-corrected chi connectivity index (χ0v) is 11.6. The molecule has 19 heavy (non-hydrogen) atoms. The minimum absolute atomic E-state index is 0.0504. The van der Waals surface area contributed by atoms with E-state index in [0.29, 0.717) is 31.2 Å². The maximum absolute atomic E-state index is 10.6. The largest absolute Gasteiger partial charge is 0.481 e. The van der Waals surface area contributed by atoms with Gasteiger partial charge >= 0.3 is 5.97 Å². The number of carbonyl (C=O) groups is 1. The van der Waals surface area contributed by atoms with E-state index in [1.54, 1.807) is 0 Å². The van der Waals surface area contributed by atoms with Crippen molar-refractivity contribution in [3.63, 3.8) is 0 Å². The van der Waals surface area contributed by atoms with Crippen LogP contribution in [0.15, 0.2) is 0 Å². The zero-order valence-electron chi connectivity index (χ0n) is 11.6. The summed E-state index contributed by atoms with van der Waals surface area (Å²) < 4.78 is 11.0. The van der Waals surface area contributed by atoms with E-state index in [1.807, 2.05) is 0 Å². The highest BCUT2D eigenvalue weighted by Gasteiger charge is 2.29. The van der Waals surface area contributed by atoms with Gasteiger partial charge in [0.1, 0.15) is 0 Å². The van der Waals surface area contributed by atoms with E-state index in [4.69, 9.17) is 14.6 Å². The van der Waals surface area contributed by atoms with Crippen LogP contribution in [0.2, 0.25) is 0 Å². The predicted molar refractivity (Wildman–Crippen MR) is 70.9 cm³/mol. The number of rotatable bonds is 6. The quantitative estimate of drug-likeness (QED) is 0.770. The predicted octanol–water partition coefficient (Wildman–Crippen LogP) is 1.76. The number of hydrogen-bond donors (Lipinski definition) is 2. The highest BCUT2D eigenvalue weighted by molar-refractivity contribution is 5.66. The van der Waals surface area contributed by atoms with Crippen LogP contribution in [0.5, 0.6) is 0 Å². The maximum Gasteiger partial charge on any atom is 0.303 e. The van der Waals surface area contributed by atoms with Gasteiger partial charge in [-0.15, -0.1) is 0 Å². The molecule has 2 rings (SSSR count). The van der Waals surface area contributed by atoms with Crippen LogP contribution < -0.4 is 5.32 Å². The number of ether oxygens (including phenoxy) is 2. The lowest BCUT2D eigenvalue weighted by Gasteiger charge is -2.36. The number of aliphatic carboxylic acids is 1. The van der Waals surface area contributed by atoms with Gasteiger partial charge in [0.05, 0.1) is 13.2 Å². The van der Waals surface area contributed by atoms with Gasteiger partial charge in [0.2, 0.25) is 0 Å². The highest BCUT2D eigenvalue weighted by atomic mass is 16.7. The highest BCUT2D eigenvalue weighted by Crippen LogP contribution is 2.26. The van der Waals surface area contributed by atoms with Crippen LogP contribution in [0.4, 0.5) is 0 Å². The maximum atomic E-state index is 10.6. The molecule has 0 aromatic heterocycles. The minimum atomic E-state index is -0.701. The summed E-state index contributed by atoms with van der Waals surface area (Å²) in [5.74, 6) is -0.0803. The Morgan fingerprint density at radius 3 is 2.74 bits per heavy atom. The molecule has 2 fully saturated rings. The molecule has 0 aromatic rings. The first-order valence-corrected chi connectivity index (χ1v) is 7.36. The molecule has 2 aliphatic heterocycles.